The van der Waals surface area contributed by atoms with E-state index in [9.17, 15) is 24.4 Å². The molecular weight excluding hydrogens is 572 g/mol. The minimum atomic E-state index is -1.30. The SMILES string of the molecule is Cc1cccc(C)c1C(C(=O)NC(Cc1ccccc1)C(=O)OC(C)(C)C)N(CC#N)C(=O)C(NC(=O)OC(C)(C)C)C(C)C. The van der Waals surface area contributed by atoms with E-state index in [1.807, 2.05) is 68.4 Å². The molecule has 3 unspecified atom stereocenters. The molecule has 3 amide bonds. The lowest BCUT2D eigenvalue weighted by Gasteiger charge is -2.36. The summed E-state index contributed by atoms with van der Waals surface area (Å²) in [6, 6.07) is 13.2. The highest BCUT2D eigenvalue weighted by Crippen LogP contribution is 2.29. The van der Waals surface area contributed by atoms with E-state index in [1.165, 1.54) is 0 Å². The Labute approximate surface area is 267 Å². The minimum Gasteiger partial charge on any atom is -0.458 e. The van der Waals surface area contributed by atoms with Gasteiger partial charge < -0.3 is 25.0 Å². The van der Waals surface area contributed by atoms with Gasteiger partial charge in [-0.15, -0.1) is 0 Å². The van der Waals surface area contributed by atoms with E-state index in [1.54, 1.807) is 55.4 Å². The summed E-state index contributed by atoms with van der Waals surface area (Å²) in [6.07, 6.45) is -0.658. The van der Waals surface area contributed by atoms with Crippen molar-refractivity contribution in [2.75, 3.05) is 6.54 Å². The zero-order chi connectivity index (χ0) is 34.1. The standard InChI is InChI=1S/C35H48N4O6/c1-22(2)28(38-33(43)45-35(8,9)10)31(41)39(20-19-36)29(27-23(3)15-14-16-24(27)4)30(40)37-26(32(42)44-34(5,6)7)21-25-17-12-11-13-18-25/h11-18,22,26,28-29H,20-21H2,1-10H3,(H,37,40)(H,38,43). The molecule has 2 N–H and O–H groups in total. The third kappa shape index (κ3) is 11.2. The summed E-state index contributed by atoms with van der Waals surface area (Å²) < 4.78 is 11.1. The molecule has 244 valence electrons. The van der Waals surface area contributed by atoms with Gasteiger partial charge in [-0.1, -0.05) is 62.4 Å². The number of benzene rings is 2. The molecule has 2 aromatic rings. The second-order valence-corrected chi connectivity index (χ2v) is 13.5. The fourth-order valence-electron chi connectivity index (χ4n) is 4.85. The molecule has 10 heteroatoms. The Kier molecular flexibility index (Phi) is 12.7. The van der Waals surface area contributed by atoms with Gasteiger partial charge in [0.15, 0.2) is 0 Å². The van der Waals surface area contributed by atoms with Gasteiger partial charge in [-0.2, -0.15) is 5.26 Å². The predicted molar refractivity (Wildman–Crippen MR) is 172 cm³/mol. The van der Waals surface area contributed by atoms with Crippen molar-refractivity contribution in [3.63, 3.8) is 0 Å². The highest BCUT2D eigenvalue weighted by molar-refractivity contribution is 5.94. The van der Waals surface area contributed by atoms with Gasteiger partial charge in [0.2, 0.25) is 11.8 Å². The number of carbonyl (C=O) groups excluding carboxylic acids is 4. The average molecular weight is 621 g/mol. The Morgan fingerprint density at radius 2 is 1.40 bits per heavy atom. The maximum Gasteiger partial charge on any atom is 0.408 e. The molecule has 0 aromatic heterocycles. The lowest BCUT2D eigenvalue weighted by molar-refractivity contribution is -0.159. The molecule has 0 fully saturated rings. The molecule has 2 rings (SSSR count). The first-order valence-electron chi connectivity index (χ1n) is 15.1. The lowest BCUT2D eigenvalue weighted by atomic mass is 9.92. The first-order chi connectivity index (χ1) is 20.8. The summed E-state index contributed by atoms with van der Waals surface area (Å²) >= 11 is 0. The molecule has 2 aromatic carbocycles. The van der Waals surface area contributed by atoms with Gasteiger partial charge in [0.05, 0.1) is 6.07 Å². The number of hydrogen-bond donors (Lipinski definition) is 2. The van der Waals surface area contributed by atoms with Crippen LogP contribution in [-0.4, -0.2) is 58.6 Å². The molecule has 0 aliphatic heterocycles. The molecule has 3 atom stereocenters. The molecule has 0 heterocycles. The van der Waals surface area contributed by atoms with Crippen LogP contribution in [-0.2, 0) is 30.3 Å². The summed E-state index contributed by atoms with van der Waals surface area (Å²) in [6.45, 7) is 17.0. The number of alkyl carbamates (subject to hydrolysis) is 1. The molecule has 10 nitrogen and oxygen atoms in total. The maximum absolute atomic E-state index is 14.4. The van der Waals surface area contributed by atoms with Crippen LogP contribution < -0.4 is 10.6 Å². The molecule has 45 heavy (non-hydrogen) atoms. The van der Waals surface area contributed by atoms with Gasteiger partial charge >= 0.3 is 12.1 Å². The molecular formula is C35H48N4O6. The van der Waals surface area contributed by atoms with Crippen LogP contribution in [0.5, 0.6) is 0 Å². The van der Waals surface area contributed by atoms with E-state index in [2.05, 4.69) is 10.6 Å². The number of nitrogens with one attached hydrogen (secondary N) is 2. The van der Waals surface area contributed by atoms with Crippen LogP contribution in [0.4, 0.5) is 4.79 Å². The van der Waals surface area contributed by atoms with Gasteiger partial charge in [-0.3, -0.25) is 9.59 Å². The summed E-state index contributed by atoms with van der Waals surface area (Å²) in [7, 11) is 0. The van der Waals surface area contributed by atoms with E-state index in [4.69, 9.17) is 9.47 Å². The third-order valence-corrected chi connectivity index (χ3v) is 6.80. The number of hydrogen-bond acceptors (Lipinski definition) is 7. The third-order valence-electron chi connectivity index (χ3n) is 6.80. The van der Waals surface area contributed by atoms with Crippen molar-refractivity contribution in [2.24, 2.45) is 5.92 Å². The number of amides is 3. The summed E-state index contributed by atoms with van der Waals surface area (Å²) in [5, 5.41) is 15.4. The summed E-state index contributed by atoms with van der Waals surface area (Å²) in [5.41, 5.74) is 1.11. The minimum absolute atomic E-state index is 0.141. The van der Waals surface area contributed by atoms with Crippen molar-refractivity contribution in [3.8, 4) is 6.07 Å². The summed E-state index contributed by atoms with van der Waals surface area (Å²) in [5.74, 6) is -2.36. The van der Waals surface area contributed by atoms with Crippen LogP contribution in [0, 0.1) is 31.1 Å². The first kappa shape index (κ1) is 36.8. The fourth-order valence-corrected chi connectivity index (χ4v) is 4.85. The Morgan fingerprint density at radius 1 is 0.844 bits per heavy atom. The fraction of sp³-hybridized carbons (Fsp3) is 0.514. The second kappa shape index (κ2) is 15.6. The smallest absolute Gasteiger partial charge is 0.408 e. The number of rotatable bonds is 11. The zero-order valence-corrected chi connectivity index (χ0v) is 28.2. The van der Waals surface area contributed by atoms with Crippen LogP contribution in [0.25, 0.3) is 0 Å². The highest BCUT2D eigenvalue weighted by Gasteiger charge is 2.40. The number of ether oxygens (including phenoxy) is 2. The number of nitrogens with zero attached hydrogens (tertiary/aromatic N) is 2. The number of carbonyl (C=O) groups is 4. The van der Waals surface area contributed by atoms with Crippen LogP contribution in [0.15, 0.2) is 48.5 Å². The van der Waals surface area contributed by atoms with Crippen LogP contribution >= 0.6 is 0 Å². The van der Waals surface area contributed by atoms with E-state index >= 15 is 0 Å². The lowest BCUT2D eigenvalue weighted by Crippen LogP contribution is -2.56. The molecule has 0 aliphatic rings. The molecule has 0 radical (unpaired) electrons. The van der Waals surface area contributed by atoms with Gasteiger partial charge in [-0.25, -0.2) is 9.59 Å². The van der Waals surface area contributed by atoms with E-state index in [0.717, 1.165) is 10.5 Å². The van der Waals surface area contributed by atoms with Crippen molar-refractivity contribution < 1.29 is 28.7 Å². The van der Waals surface area contributed by atoms with Crippen molar-refractivity contribution in [3.05, 3.63) is 70.8 Å². The average Bonchev–Trinajstić information content (AvgIpc) is 2.90. The second-order valence-electron chi connectivity index (χ2n) is 13.5. The normalized spacial score (nSPS) is 13.6. The highest BCUT2D eigenvalue weighted by atomic mass is 16.6. The van der Waals surface area contributed by atoms with Crippen molar-refractivity contribution >= 4 is 23.9 Å². The topological polar surface area (TPSA) is 138 Å². The Hall–Kier alpha value is -4.39. The number of nitriles is 1. The Balaban J connectivity index is 2.64. The van der Waals surface area contributed by atoms with Crippen molar-refractivity contribution in [1.82, 2.24) is 15.5 Å². The van der Waals surface area contributed by atoms with E-state index in [0.29, 0.717) is 16.7 Å². The quantitative estimate of drug-likeness (QED) is 0.256. The van der Waals surface area contributed by atoms with Crippen LogP contribution in [0.2, 0.25) is 0 Å². The van der Waals surface area contributed by atoms with Gasteiger partial charge in [0, 0.05) is 6.42 Å². The first-order valence-corrected chi connectivity index (χ1v) is 15.1. The largest absolute Gasteiger partial charge is 0.458 e. The summed E-state index contributed by atoms with van der Waals surface area (Å²) in [4.78, 5) is 56.0. The number of aryl methyl sites for hydroxylation is 2. The van der Waals surface area contributed by atoms with Crippen molar-refractivity contribution in [2.45, 2.75) is 105 Å². The monoisotopic (exact) mass is 620 g/mol. The molecule has 0 bridgehead atoms. The van der Waals surface area contributed by atoms with Gasteiger partial charge in [-0.05, 0) is 83.6 Å². The van der Waals surface area contributed by atoms with Crippen LogP contribution in [0.1, 0.15) is 83.7 Å². The molecule has 0 saturated carbocycles. The van der Waals surface area contributed by atoms with E-state index < -0.39 is 65.7 Å². The van der Waals surface area contributed by atoms with Gasteiger partial charge in [0.1, 0.15) is 35.9 Å². The number of esters is 1. The maximum atomic E-state index is 14.4. The van der Waals surface area contributed by atoms with Gasteiger partial charge in [0.25, 0.3) is 0 Å². The molecule has 0 spiro atoms. The predicted octanol–water partition coefficient (Wildman–Crippen LogP) is 5.32. The Morgan fingerprint density at radius 3 is 1.89 bits per heavy atom. The van der Waals surface area contributed by atoms with E-state index in [-0.39, 0.29) is 6.42 Å². The Bertz CT molecular complexity index is 1370. The molecule has 0 aliphatic carbocycles. The van der Waals surface area contributed by atoms with Crippen LogP contribution in [0.3, 0.4) is 0 Å². The zero-order valence-electron chi connectivity index (χ0n) is 28.2. The van der Waals surface area contributed by atoms with Crippen molar-refractivity contribution in [1.29, 1.82) is 5.26 Å². The molecule has 0 saturated heterocycles.